The Balaban J connectivity index is 1.66. The van der Waals surface area contributed by atoms with E-state index in [1.54, 1.807) is 0 Å². The molecule has 2 aliphatic heterocycles. The minimum Gasteiger partial charge on any atom is -0.350 e. The summed E-state index contributed by atoms with van der Waals surface area (Å²) in [6.45, 7) is 1.56. The molecule has 0 aromatic carbocycles. The van der Waals surface area contributed by atoms with Crippen LogP contribution in [0.15, 0.2) is 23.1 Å². The van der Waals surface area contributed by atoms with Crippen LogP contribution in [0.1, 0.15) is 31.2 Å². The Morgan fingerprint density at radius 3 is 2.75 bits per heavy atom. The lowest BCUT2D eigenvalue weighted by molar-refractivity contribution is -0.138. The van der Waals surface area contributed by atoms with Crippen LogP contribution in [-0.4, -0.2) is 40.5 Å². The van der Waals surface area contributed by atoms with Gasteiger partial charge in [0, 0.05) is 30.9 Å². The topological polar surface area (TPSA) is 54.3 Å². The number of hydrogen-bond donors (Lipinski definition) is 1. The normalized spacial score (nSPS) is 24.6. The van der Waals surface area contributed by atoms with E-state index in [-0.39, 0.29) is 6.04 Å². The van der Waals surface area contributed by atoms with Gasteiger partial charge < -0.3 is 9.88 Å². The summed E-state index contributed by atoms with van der Waals surface area (Å²) < 4.78 is 39.0. The molecular weight excluding hydrogens is 323 g/mol. The molecule has 5 nitrogen and oxygen atoms in total. The summed E-state index contributed by atoms with van der Waals surface area (Å²) in [6.07, 6.45) is 0.309. The van der Waals surface area contributed by atoms with Crippen molar-refractivity contribution in [2.24, 2.45) is 0 Å². The Hall–Kier alpha value is -1.83. The summed E-state index contributed by atoms with van der Waals surface area (Å²) in [7, 11) is 0. The fourth-order valence-electron chi connectivity index (χ4n) is 3.65. The lowest BCUT2D eigenvalue weighted by Crippen LogP contribution is -2.48. The number of rotatable bonds is 3. The second kappa shape index (κ2) is 6.58. The molecule has 8 heteroatoms. The third kappa shape index (κ3) is 3.63. The number of pyridine rings is 1. The molecule has 1 aromatic heterocycles. The number of fused-ring (bicyclic) bond motifs is 1. The van der Waals surface area contributed by atoms with Gasteiger partial charge >= 0.3 is 6.18 Å². The quantitative estimate of drug-likeness (QED) is 0.907. The minimum absolute atomic E-state index is 0.0132. The summed E-state index contributed by atoms with van der Waals surface area (Å²) in [5.41, 5.74) is -1.56. The predicted octanol–water partition coefficient (Wildman–Crippen LogP) is 1.61. The molecule has 1 amide bonds. The summed E-state index contributed by atoms with van der Waals surface area (Å²) in [5.74, 6) is -0.422. The predicted molar refractivity (Wildman–Crippen MR) is 81.5 cm³/mol. The van der Waals surface area contributed by atoms with Crippen LogP contribution in [0.25, 0.3) is 0 Å². The maximum Gasteiger partial charge on any atom is 0.417 e. The van der Waals surface area contributed by atoms with Crippen molar-refractivity contribution in [3.8, 4) is 0 Å². The number of carbonyl (C=O) groups is 1. The third-order valence-corrected chi connectivity index (χ3v) is 4.83. The fraction of sp³-hybridized carbons (Fsp3) is 0.625. The molecule has 1 N–H and O–H groups in total. The molecule has 0 radical (unpaired) electrons. The number of piperidine rings is 1. The molecule has 2 fully saturated rings. The van der Waals surface area contributed by atoms with Gasteiger partial charge in [0.05, 0.1) is 5.56 Å². The van der Waals surface area contributed by atoms with Crippen molar-refractivity contribution >= 4 is 5.91 Å². The SMILES string of the molecule is O=C(Cn1cc(C(F)(F)F)ccc1=O)NC1CCN2CCCCC12. The molecule has 2 unspecified atom stereocenters. The van der Waals surface area contributed by atoms with Crippen molar-refractivity contribution in [2.45, 2.75) is 50.5 Å². The van der Waals surface area contributed by atoms with Crippen LogP contribution in [0.2, 0.25) is 0 Å². The molecule has 0 bridgehead atoms. The lowest BCUT2D eigenvalue weighted by Gasteiger charge is -2.32. The Morgan fingerprint density at radius 1 is 1.21 bits per heavy atom. The molecule has 2 saturated heterocycles. The molecule has 1 aromatic rings. The maximum absolute atomic E-state index is 12.7. The number of carbonyl (C=O) groups excluding carboxylic acids is 1. The molecule has 132 valence electrons. The van der Waals surface area contributed by atoms with E-state index in [0.29, 0.717) is 12.2 Å². The maximum atomic E-state index is 12.7. The lowest BCUT2D eigenvalue weighted by atomic mass is 9.99. The van der Waals surface area contributed by atoms with Gasteiger partial charge in [-0.05, 0) is 31.9 Å². The largest absolute Gasteiger partial charge is 0.417 e. The zero-order valence-corrected chi connectivity index (χ0v) is 13.2. The van der Waals surface area contributed by atoms with Crippen LogP contribution in [0.5, 0.6) is 0 Å². The number of hydrogen-bond acceptors (Lipinski definition) is 3. The van der Waals surface area contributed by atoms with E-state index in [1.165, 1.54) is 0 Å². The Labute approximate surface area is 137 Å². The van der Waals surface area contributed by atoms with Crippen LogP contribution in [0, 0.1) is 0 Å². The Morgan fingerprint density at radius 2 is 2.00 bits per heavy atom. The first-order valence-electron chi connectivity index (χ1n) is 8.16. The first-order chi connectivity index (χ1) is 11.3. The van der Waals surface area contributed by atoms with Crippen LogP contribution >= 0.6 is 0 Å². The van der Waals surface area contributed by atoms with Crippen LogP contribution < -0.4 is 10.9 Å². The number of halogens is 3. The van der Waals surface area contributed by atoms with Crippen LogP contribution in [0.3, 0.4) is 0 Å². The highest BCUT2D eigenvalue weighted by molar-refractivity contribution is 5.76. The van der Waals surface area contributed by atoms with Crippen molar-refractivity contribution < 1.29 is 18.0 Å². The van der Waals surface area contributed by atoms with Gasteiger partial charge in [-0.3, -0.25) is 14.5 Å². The molecule has 0 aliphatic carbocycles. The van der Waals surface area contributed by atoms with Crippen LogP contribution in [-0.2, 0) is 17.5 Å². The van der Waals surface area contributed by atoms with Gasteiger partial charge in [0.15, 0.2) is 0 Å². The van der Waals surface area contributed by atoms with E-state index in [1.807, 2.05) is 0 Å². The molecular formula is C16H20F3N3O2. The van der Waals surface area contributed by atoms with Crippen LogP contribution in [0.4, 0.5) is 13.2 Å². The smallest absolute Gasteiger partial charge is 0.350 e. The highest BCUT2D eigenvalue weighted by atomic mass is 19.4. The highest BCUT2D eigenvalue weighted by Gasteiger charge is 2.36. The number of alkyl halides is 3. The Kier molecular flexibility index (Phi) is 4.67. The molecule has 2 atom stereocenters. The number of nitrogens with one attached hydrogen (secondary N) is 1. The molecule has 3 heterocycles. The second-order valence-corrected chi connectivity index (χ2v) is 6.44. The van der Waals surface area contributed by atoms with Crippen molar-refractivity contribution in [2.75, 3.05) is 13.1 Å². The fourth-order valence-corrected chi connectivity index (χ4v) is 3.65. The van der Waals surface area contributed by atoms with Gasteiger partial charge in [0.25, 0.3) is 5.56 Å². The number of aromatic nitrogens is 1. The zero-order chi connectivity index (χ0) is 17.3. The summed E-state index contributed by atoms with van der Waals surface area (Å²) >= 11 is 0. The number of amides is 1. The van der Waals surface area contributed by atoms with Crippen molar-refractivity contribution in [1.82, 2.24) is 14.8 Å². The van der Waals surface area contributed by atoms with E-state index in [9.17, 15) is 22.8 Å². The van der Waals surface area contributed by atoms with Gasteiger partial charge in [0.2, 0.25) is 5.91 Å². The first-order valence-corrected chi connectivity index (χ1v) is 8.16. The van der Waals surface area contributed by atoms with Gasteiger partial charge in [-0.1, -0.05) is 6.42 Å². The third-order valence-electron chi connectivity index (χ3n) is 4.83. The monoisotopic (exact) mass is 343 g/mol. The van der Waals surface area contributed by atoms with Gasteiger partial charge in [-0.15, -0.1) is 0 Å². The van der Waals surface area contributed by atoms with E-state index >= 15 is 0 Å². The number of nitrogens with zero attached hydrogens (tertiary/aromatic N) is 2. The average molecular weight is 343 g/mol. The van der Waals surface area contributed by atoms with Crippen molar-refractivity contribution in [1.29, 1.82) is 0 Å². The van der Waals surface area contributed by atoms with E-state index in [2.05, 4.69) is 10.2 Å². The van der Waals surface area contributed by atoms with E-state index in [0.717, 1.165) is 55.5 Å². The highest BCUT2D eigenvalue weighted by Crippen LogP contribution is 2.28. The molecule has 3 rings (SSSR count). The molecule has 0 saturated carbocycles. The first kappa shape index (κ1) is 17.0. The van der Waals surface area contributed by atoms with Crippen molar-refractivity contribution in [3.05, 3.63) is 34.2 Å². The molecule has 24 heavy (non-hydrogen) atoms. The molecule has 2 aliphatic rings. The molecule has 0 spiro atoms. The second-order valence-electron chi connectivity index (χ2n) is 6.44. The average Bonchev–Trinajstić information content (AvgIpc) is 2.91. The van der Waals surface area contributed by atoms with Gasteiger partial charge in [-0.2, -0.15) is 13.2 Å². The summed E-state index contributed by atoms with van der Waals surface area (Å²) in [5, 5.41) is 2.89. The minimum atomic E-state index is -4.54. The van der Waals surface area contributed by atoms with Crippen molar-refractivity contribution in [3.63, 3.8) is 0 Å². The van der Waals surface area contributed by atoms with Gasteiger partial charge in [0.1, 0.15) is 6.54 Å². The van der Waals surface area contributed by atoms with E-state index < -0.39 is 29.8 Å². The van der Waals surface area contributed by atoms with E-state index in [4.69, 9.17) is 0 Å². The standard InChI is InChI=1S/C16H20F3N3O2/c17-16(18,19)11-4-5-15(24)22(9-11)10-14(23)20-12-6-8-21-7-2-1-3-13(12)21/h4-5,9,12-13H,1-3,6-8,10H2,(H,20,23). The zero-order valence-electron chi connectivity index (χ0n) is 13.2. The van der Waals surface area contributed by atoms with Gasteiger partial charge in [-0.25, -0.2) is 0 Å². The summed E-state index contributed by atoms with van der Waals surface area (Å²) in [6, 6.07) is 1.89. The summed E-state index contributed by atoms with van der Waals surface area (Å²) in [4.78, 5) is 26.2. The Bertz CT molecular complexity index is 671.